The van der Waals surface area contributed by atoms with E-state index in [9.17, 15) is 19.5 Å². The number of hydrogen-bond donors (Lipinski definition) is 3. The molecule has 0 radical (unpaired) electrons. The molecular formula is C20H30N2O5S. The van der Waals surface area contributed by atoms with Crippen molar-refractivity contribution in [1.29, 1.82) is 0 Å². The summed E-state index contributed by atoms with van der Waals surface area (Å²) in [6.07, 6.45) is -0.456. The Labute approximate surface area is 171 Å². The van der Waals surface area contributed by atoms with Gasteiger partial charge in [0.05, 0.1) is 0 Å². The van der Waals surface area contributed by atoms with Crippen LogP contribution in [0.15, 0.2) is 30.3 Å². The van der Waals surface area contributed by atoms with Crippen LogP contribution in [0.2, 0.25) is 0 Å². The first-order valence-corrected chi connectivity index (χ1v) is 9.42. The Morgan fingerprint density at radius 1 is 1.14 bits per heavy atom. The van der Waals surface area contributed by atoms with Crippen LogP contribution in [0.25, 0.3) is 0 Å². The average molecular weight is 411 g/mol. The Morgan fingerprint density at radius 3 is 2.11 bits per heavy atom. The molecule has 2 amide bonds. The molecule has 0 aliphatic carbocycles. The molecule has 1 rings (SSSR count). The molecular weight excluding hydrogens is 380 g/mol. The maximum absolute atomic E-state index is 13.0. The highest BCUT2D eigenvalue weighted by Gasteiger charge is 2.37. The van der Waals surface area contributed by atoms with Gasteiger partial charge in [-0.3, -0.25) is 9.69 Å². The number of ether oxygens (including phenoxy) is 1. The third kappa shape index (κ3) is 7.42. The summed E-state index contributed by atoms with van der Waals surface area (Å²) in [6.45, 7) is 8.39. The molecule has 0 saturated heterocycles. The highest BCUT2D eigenvalue weighted by Crippen LogP contribution is 2.19. The third-order valence-electron chi connectivity index (χ3n) is 3.96. The predicted molar refractivity (Wildman–Crippen MR) is 111 cm³/mol. The van der Waals surface area contributed by atoms with E-state index in [1.165, 1.54) is 11.9 Å². The van der Waals surface area contributed by atoms with Crippen molar-refractivity contribution in [2.45, 2.75) is 63.5 Å². The van der Waals surface area contributed by atoms with E-state index in [1.807, 2.05) is 30.3 Å². The van der Waals surface area contributed by atoms with Crippen molar-refractivity contribution in [3.05, 3.63) is 35.9 Å². The highest BCUT2D eigenvalue weighted by molar-refractivity contribution is 7.81. The summed E-state index contributed by atoms with van der Waals surface area (Å²) >= 11 is 4.28. The first-order chi connectivity index (χ1) is 12.7. The second-order valence-corrected chi connectivity index (χ2v) is 9.38. The molecule has 0 aromatic heterocycles. The molecule has 156 valence electrons. The number of likely N-dealkylation sites (N-methyl/N-ethyl adjacent to an activating group) is 1. The van der Waals surface area contributed by atoms with Crippen LogP contribution in [-0.4, -0.2) is 57.5 Å². The second-order valence-electron chi connectivity index (χ2n) is 8.23. The summed E-state index contributed by atoms with van der Waals surface area (Å²) < 4.78 is 4.37. The predicted octanol–water partition coefficient (Wildman–Crippen LogP) is 2.74. The highest BCUT2D eigenvalue weighted by atomic mass is 32.1. The monoisotopic (exact) mass is 410 g/mol. The van der Waals surface area contributed by atoms with Crippen molar-refractivity contribution < 1.29 is 24.2 Å². The number of amides is 2. The SMILES string of the molecule is CN(C(=O)OC(C)(C)C)[C@H](Cc1ccccc1)C(=O)N[C@@H](C(=O)O)C(C)(C)S. The van der Waals surface area contributed by atoms with Gasteiger partial charge >= 0.3 is 12.1 Å². The van der Waals surface area contributed by atoms with Crippen molar-refractivity contribution in [2.75, 3.05) is 7.05 Å². The van der Waals surface area contributed by atoms with E-state index in [0.717, 1.165) is 5.56 Å². The lowest BCUT2D eigenvalue weighted by Crippen LogP contribution is -2.57. The van der Waals surface area contributed by atoms with E-state index >= 15 is 0 Å². The Balaban J connectivity index is 3.13. The minimum atomic E-state index is -1.23. The van der Waals surface area contributed by atoms with Gasteiger partial charge in [0.2, 0.25) is 5.91 Å². The van der Waals surface area contributed by atoms with Gasteiger partial charge in [-0.1, -0.05) is 30.3 Å². The van der Waals surface area contributed by atoms with Gasteiger partial charge in [-0.15, -0.1) is 0 Å². The van der Waals surface area contributed by atoms with Crippen molar-refractivity contribution in [1.82, 2.24) is 10.2 Å². The van der Waals surface area contributed by atoms with Crippen molar-refractivity contribution in [3.63, 3.8) is 0 Å². The third-order valence-corrected chi connectivity index (χ3v) is 4.22. The second kappa shape index (κ2) is 9.32. The Bertz CT molecular complexity index is 695. The van der Waals surface area contributed by atoms with Crippen LogP contribution in [0.3, 0.4) is 0 Å². The zero-order valence-corrected chi connectivity index (χ0v) is 18.1. The lowest BCUT2D eigenvalue weighted by Gasteiger charge is -2.33. The first kappa shape index (κ1) is 23.8. The Morgan fingerprint density at radius 2 is 1.68 bits per heavy atom. The molecule has 1 aromatic rings. The normalized spacial score (nSPS) is 14.0. The lowest BCUT2D eigenvalue weighted by atomic mass is 10.0. The lowest BCUT2D eigenvalue weighted by molar-refractivity contribution is -0.143. The molecule has 0 fully saturated rings. The van der Waals surface area contributed by atoms with E-state index in [2.05, 4.69) is 17.9 Å². The standard InChI is InChI=1S/C20H30N2O5S/c1-19(2,3)27-18(26)22(6)14(12-13-10-8-7-9-11-13)16(23)21-15(17(24)25)20(4,5)28/h7-11,14-15,28H,12H2,1-6H3,(H,21,23)(H,24,25)/t14-,15+/m1/s1. The van der Waals surface area contributed by atoms with E-state index in [4.69, 9.17) is 4.74 Å². The minimum absolute atomic E-state index is 0.210. The first-order valence-electron chi connectivity index (χ1n) is 8.97. The smallest absolute Gasteiger partial charge is 0.410 e. The van der Waals surface area contributed by atoms with Crippen molar-refractivity contribution >= 4 is 30.6 Å². The minimum Gasteiger partial charge on any atom is -0.480 e. The van der Waals surface area contributed by atoms with Crippen molar-refractivity contribution in [2.24, 2.45) is 0 Å². The van der Waals surface area contributed by atoms with E-state index in [1.54, 1.807) is 34.6 Å². The van der Waals surface area contributed by atoms with Gasteiger partial charge in [0, 0.05) is 18.2 Å². The summed E-state index contributed by atoms with van der Waals surface area (Å²) in [5.74, 6) is -1.79. The number of nitrogens with zero attached hydrogens (tertiary/aromatic N) is 1. The van der Waals surface area contributed by atoms with Crippen LogP contribution >= 0.6 is 12.6 Å². The zero-order chi connectivity index (χ0) is 21.7. The molecule has 0 heterocycles. The number of nitrogens with one attached hydrogen (secondary N) is 1. The van der Waals surface area contributed by atoms with Crippen LogP contribution < -0.4 is 5.32 Å². The van der Waals surface area contributed by atoms with Crippen LogP contribution in [0.1, 0.15) is 40.2 Å². The number of benzene rings is 1. The fourth-order valence-corrected chi connectivity index (χ4v) is 2.66. The average Bonchev–Trinajstić information content (AvgIpc) is 2.54. The molecule has 2 N–H and O–H groups in total. The zero-order valence-electron chi connectivity index (χ0n) is 17.2. The van der Waals surface area contributed by atoms with Crippen LogP contribution in [0.5, 0.6) is 0 Å². The number of aliphatic carboxylic acids is 1. The Hall–Kier alpha value is -2.22. The molecule has 1 aromatic carbocycles. The van der Waals surface area contributed by atoms with Crippen molar-refractivity contribution in [3.8, 4) is 0 Å². The molecule has 8 heteroatoms. The van der Waals surface area contributed by atoms with Gasteiger partial charge < -0.3 is 15.2 Å². The fourth-order valence-electron chi connectivity index (χ4n) is 2.48. The number of carbonyl (C=O) groups is 3. The molecule has 28 heavy (non-hydrogen) atoms. The van der Waals surface area contributed by atoms with Crippen LogP contribution in [-0.2, 0) is 20.7 Å². The van der Waals surface area contributed by atoms with Gasteiger partial charge in [-0.2, -0.15) is 12.6 Å². The van der Waals surface area contributed by atoms with Gasteiger partial charge in [-0.05, 0) is 40.2 Å². The molecule has 0 aliphatic rings. The van der Waals surface area contributed by atoms with E-state index < -0.39 is 40.4 Å². The van der Waals surface area contributed by atoms with Gasteiger partial charge in [-0.25, -0.2) is 9.59 Å². The summed E-state index contributed by atoms with van der Waals surface area (Å²) in [4.78, 5) is 38.2. The Kier molecular flexibility index (Phi) is 7.93. The summed E-state index contributed by atoms with van der Waals surface area (Å²) in [6, 6.07) is 6.99. The number of hydrogen-bond acceptors (Lipinski definition) is 5. The van der Waals surface area contributed by atoms with E-state index in [-0.39, 0.29) is 6.42 Å². The summed E-state index contributed by atoms with van der Waals surface area (Å²) in [7, 11) is 1.46. The number of carboxylic acid groups (broad SMARTS) is 1. The van der Waals surface area contributed by atoms with Crippen LogP contribution in [0.4, 0.5) is 4.79 Å². The maximum Gasteiger partial charge on any atom is 0.410 e. The summed E-state index contributed by atoms with van der Waals surface area (Å²) in [5, 5.41) is 12.0. The van der Waals surface area contributed by atoms with E-state index in [0.29, 0.717) is 0 Å². The maximum atomic E-state index is 13.0. The quantitative estimate of drug-likeness (QED) is 0.601. The number of rotatable bonds is 7. The molecule has 0 saturated carbocycles. The molecule has 0 aliphatic heterocycles. The number of thiol groups is 1. The largest absolute Gasteiger partial charge is 0.480 e. The molecule has 2 atom stereocenters. The molecule has 7 nitrogen and oxygen atoms in total. The fraction of sp³-hybridized carbons (Fsp3) is 0.550. The molecule has 0 spiro atoms. The summed E-state index contributed by atoms with van der Waals surface area (Å²) in [5.41, 5.74) is 0.102. The number of carbonyl (C=O) groups excluding carboxylic acids is 2. The molecule has 0 bridgehead atoms. The topological polar surface area (TPSA) is 95.9 Å². The number of carboxylic acids is 1. The van der Waals surface area contributed by atoms with Gasteiger partial charge in [0.15, 0.2) is 0 Å². The van der Waals surface area contributed by atoms with Gasteiger partial charge in [0.1, 0.15) is 17.7 Å². The molecule has 0 unspecified atom stereocenters. The van der Waals surface area contributed by atoms with Crippen LogP contribution in [0, 0.1) is 0 Å². The van der Waals surface area contributed by atoms with Gasteiger partial charge in [0.25, 0.3) is 0 Å².